The van der Waals surface area contributed by atoms with E-state index in [-0.39, 0.29) is 23.6 Å². The van der Waals surface area contributed by atoms with Gasteiger partial charge in [-0.2, -0.15) is 9.61 Å². The fourth-order valence-corrected chi connectivity index (χ4v) is 4.61. The van der Waals surface area contributed by atoms with Gasteiger partial charge in [-0.1, -0.05) is 48.9 Å². The minimum absolute atomic E-state index is 0.134. The first-order valence-corrected chi connectivity index (χ1v) is 10.8. The number of benzene rings is 1. The minimum atomic E-state index is -0.182. The summed E-state index contributed by atoms with van der Waals surface area (Å²) in [6, 6.07) is 8.65. The number of urea groups is 1. The quantitative estimate of drug-likeness (QED) is 0.677. The molecule has 1 N–H and O–H groups in total. The molecular weight excluding hydrogens is 410 g/mol. The Morgan fingerprint density at radius 2 is 2.10 bits per heavy atom. The Kier molecular flexibility index (Phi) is 5.56. The summed E-state index contributed by atoms with van der Waals surface area (Å²) in [7, 11) is 0. The van der Waals surface area contributed by atoms with Crippen LogP contribution < -0.4 is 10.9 Å². The van der Waals surface area contributed by atoms with Crippen molar-refractivity contribution in [1.29, 1.82) is 0 Å². The van der Waals surface area contributed by atoms with Crippen LogP contribution in [0.4, 0.5) is 4.79 Å². The minimum Gasteiger partial charge on any atom is -0.334 e. The lowest BCUT2D eigenvalue weighted by Gasteiger charge is -2.23. The SMILES string of the molecule is CC(C)c1cc(=O)n2nc(C3CCCN3C(=O)NCc3ccc(Cl)cc3)sc2n1. The average molecular weight is 432 g/mol. The van der Waals surface area contributed by atoms with Crippen LogP contribution >= 0.6 is 22.9 Å². The van der Waals surface area contributed by atoms with E-state index in [9.17, 15) is 9.59 Å². The molecule has 1 fully saturated rings. The van der Waals surface area contributed by atoms with Crippen molar-refractivity contribution in [3.05, 3.63) is 62.0 Å². The van der Waals surface area contributed by atoms with Crippen LogP contribution in [0.1, 0.15) is 54.9 Å². The molecule has 0 radical (unpaired) electrons. The smallest absolute Gasteiger partial charge is 0.318 e. The number of likely N-dealkylation sites (tertiary alicyclic amines) is 1. The number of hydrogen-bond donors (Lipinski definition) is 1. The molecule has 0 saturated carbocycles. The number of carbonyl (C=O) groups is 1. The summed E-state index contributed by atoms with van der Waals surface area (Å²) in [5.41, 5.74) is 1.56. The van der Waals surface area contributed by atoms with Crippen LogP contribution in [0.5, 0.6) is 0 Å². The Morgan fingerprint density at radius 1 is 1.34 bits per heavy atom. The summed E-state index contributed by atoms with van der Waals surface area (Å²) < 4.78 is 1.34. The summed E-state index contributed by atoms with van der Waals surface area (Å²) in [5, 5.41) is 8.86. The van der Waals surface area contributed by atoms with Gasteiger partial charge in [0.1, 0.15) is 5.01 Å². The molecule has 1 aliphatic rings. The van der Waals surface area contributed by atoms with Gasteiger partial charge in [0.05, 0.1) is 11.7 Å². The van der Waals surface area contributed by atoms with Crippen molar-refractivity contribution in [3.63, 3.8) is 0 Å². The van der Waals surface area contributed by atoms with Crippen LogP contribution in [0, 0.1) is 0 Å². The predicted octanol–water partition coefficient (Wildman–Crippen LogP) is 3.97. The highest BCUT2D eigenvalue weighted by Gasteiger charge is 2.32. The lowest BCUT2D eigenvalue weighted by atomic mass is 10.1. The standard InChI is InChI=1S/C20H22ClN5O2S/c1-12(2)15-10-17(27)26-20(23-15)29-18(24-26)16-4-3-9-25(16)19(28)22-11-13-5-7-14(21)8-6-13/h5-8,10,12,16H,3-4,9,11H2,1-2H3,(H,22,28). The molecular formula is C20H22ClN5O2S. The molecule has 2 amide bonds. The van der Waals surface area contributed by atoms with Gasteiger partial charge in [-0.3, -0.25) is 4.79 Å². The van der Waals surface area contributed by atoms with Gasteiger partial charge in [-0.15, -0.1) is 0 Å². The van der Waals surface area contributed by atoms with Crippen molar-refractivity contribution in [2.45, 2.75) is 45.2 Å². The number of aromatic nitrogens is 3. The first-order chi connectivity index (χ1) is 13.9. The molecule has 29 heavy (non-hydrogen) atoms. The number of amides is 2. The fraction of sp³-hybridized carbons (Fsp3) is 0.400. The zero-order valence-corrected chi connectivity index (χ0v) is 17.8. The summed E-state index contributed by atoms with van der Waals surface area (Å²) in [6.07, 6.45) is 1.72. The van der Waals surface area contributed by atoms with Gasteiger partial charge in [-0.05, 0) is 36.5 Å². The molecule has 1 saturated heterocycles. The number of hydrogen-bond acceptors (Lipinski definition) is 5. The van der Waals surface area contributed by atoms with Crippen molar-refractivity contribution >= 4 is 33.9 Å². The van der Waals surface area contributed by atoms with Crippen molar-refractivity contribution in [2.24, 2.45) is 0 Å². The number of nitrogens with one attached hydrogen (secondary N) is 1. The van der Waals surface area contributed by atoms with Gasteiger partial charge >= 0.3 is 6.03 Å². The number of fused-ring (bicyclic) bond motifs is 1. The van der Waals surface area contributed by atoms with E-state index < -0.39 is 0 Å². The molecule has 0 bridgehead atoms. The topological polar surface area (TPSA) is 79.6 Å². The van der Waals surface area contributed by atoms with Crippen molar-refractivity contribution < 1.29 is 4.79 Å². The molecule has 1 aliphatic heterocycles. The average Bonchev–Trinajstić information content (AvgIpc) is 3.34. The van der Waals surface area contributed by atoms with Gasteiger partial charge in [0.15, 0.2) is 0 Å². The maximum Gasteiger partial charge on any atom is 0.318 e. The van der Waals surface area contributed by atoms with E-state index in [0.717, 1.165) is 29.1 Å². The number of carbonyl (C=O) groups excluding carboxylic acids is 1. The molecule has 7 nitrogen and oxygen atoms in total. The van der Waals surface area contributed by atoms with E-state index in [1.165, 1.54) is 21.9 Å². The summed E-state index contributed by atoms with van der Waals surface area (Å²) >= 11 is 7.29. The van der Waals surface area contributed by atoms with Crippen LogP contribution in [0.2, 0.25) is 5.02 Å². The van der Waals surface area contributed by atoms with Gasteiger partial charge in [-0.25, -0.2) is 9.78 Å². The highest BCUT2D eigenvalue weighted by molar-refractivity contribution is 7.16. The second kappa shape index (κ2) is 8.12. The molecule has 1 atom stereocenters. The fourth-order valence-electron chi connectivity index (χ4n) is 3.42. The van der Waals surface area contributed by atoms with Crippen LogP contribution in [-0.2, 0) is 6.54 Å². The van der Waals surface area contributed by atoms with Gasteiger partial charge in [0.2, 0.25) is 4.96 Å². The van der Waals surface area contributed by atoms with Crippen LogP contribution in [-0.4, -0.2) is 32.1 Å². The van der Waals surface area contributed by atoms with Gasteiger partial charge in [0, 0.05) is 24.2 Å². The lowest BCUT2D eigenvalue weighted by molar-refractivity contribution is 0.192. The summed E-state index contributed by atoms with van der Waals surface area (Å²) in [4.78, 5) is 32.1. The van der Waals surface area contributed by atoms with Crippen LogP contribution in [0.3, 0.4) is 0 Å². The van der Waals surface area contributed by atoms with E-state index in [0.29, 0.717) is 23.1 Å². The van der Waals surface area contributed by atoms with E-state index in [4.69, 9.17) is 11.6 Å². The Balaban J connectivity index is 1.53. The number of halogens is 1. The maximum atomic E-state index is 12.8. The molecule has 3 heterocycles. The Morgan fingerprint density at radius 3 is 2.83 bits per heavy atom. The first kappa shape index (κ1) is 19.8. The first-order valence-electron chi connectivity index (χ1n) is 9.62. The van der Waals surface area contributed by atoms with Crippen molar-refractivity contribution in [1.82, 2.24) is 24.8 Å². The maximum absolute atomic E-state index is 12.8. The third-order valence-corrected chi connectivity index (χ3v) is 6.29. The van der Waals surface area contributed by atoms with E-state index in [1.54, 1.807) is 17.0 Å². The molecule has 0 aliphatic carbocycles. The second-order valence-electron chi connectivity index (χ2n) is 7.45. The highest BCUT2D eigenvalue weighted by Crippen LogP contribution is 2.34. The molecule has 4 rings (SSSR count). The second-order valence-corrected chi connectivity index (χ2v) is 8.87. The van der Waals surface area contributed by atoms with Gasteiger partial charge < -0.3 is 10.2 Å². The molecule has 1 aromatic carbocycles. The molecule has 3 aromatic rings. The Hall–Kier alpha value is -2.45. The van der Waals surface area contributed by atoms with E-state index in [2.05, 4.69) is 15.4 Å². The number of nitrogens with zero attached hydrogens (tertiary/aromatic N) is 4. The molecule has 1 unspecified atom stereocenters. The molecule has 0 spiro atoms. The zero-order valence-electron chi connectivity index (χ0n) is 16.3. The monoisotopic (exact) mass is 431 g/mol. The van der Waals surface area contributed by atoms with Gasteiger partial charge in [0.25, 0.3) is 5.56 Å². The summed E-state index contributed by atoms with van der Waals surface area (Å²) in [5.74, 6) is 0.167. The normalized spacial score (nSPS) is 16.7. The van der Waals surface area contributed by atoms with Crippen LogP contribution in [0.15, 0.2) is 35.1 Å². The Bertz CT molecular complexity index is 1090. The highest BCUT2D eigenvalue weighted by atomic mass is 35.5. The van der Waals surface area contributed by atoms with E-state index >= 15 is 0 Å². The third-order valence-electron chi connectivity index (χ3n) is 5.03. The van der Waals surface area contributed by atoms with Crippen molar-refractivity contribution in [2.75, 3.05) is 6.54 Å². The van der Waals surface area contributed by atoms with Crippen molar-refractivity contribution in [3.8, 4) is 0 Å². The summed E-state index contributed by atoms with van der Waals surface area (Å²) in [6.45, 7) is 5.10. The molecule has 9 heteroatoms. The largest absolute Gasteiger partial charge is 0.334 e. The lowest BCUT2D eigenvalue weighted by Crippen LogP contribution is -2.39. The zero-order chi connectivity index (χ0) is 20.5. The Labute approximate surface area is 177 Å². The number of rotatable bonds is 4. The van der Waals surface area contributed by atoms with E-state index in [1.807, 2.05) is 26.0 Å². The van der Waals surface area contributed by atoms with Crippen LogP contribution in [0.25, 0.3) is 4.96 Å². The third kappa shape index (κ3) is 4.13. The predicted molar refractivity (Wildman–Crippen MR) is 114 cm³/mol. The molecule has 152 valence electrons. The molecule has 2 aromatic heterocycles.